The standard InChI is InChI=1S/C17H28O2/c1-5-9-11-16(8-4)14-19-17(18)13-12-15(7-3)10-6-2/h6-7,10,12-13,16H,5,8-9,11,14H2,1-4H3/b10-6-,13-12+,15-7+. The molecule has 0 spiro atoms. The van der Waals surface area contributed by atoms with Gasteiger partial charge < -0.3 is 4.74 Å². The first-order chi connectivity index (χ1) is 9.17. The first-order valence-electron chi connectivity index (χ1n) is 7.31. The largest absolute Gasteiger partial charge is 0.462 e. The maximum atomic E-state index is 11.6. The molecule has 0 amide bonds. The summed E-state index contributed by atoms with van der Waals surface area (Å²) < 4.78 is 5.29. The number of esters is 1. The predicted octanol–water partition coefficient (Wildman–Crippen LogP) is 4.82. The topological polar surface area (TPSA) is 26.3 Å². The Balaban J connectivity index is 4.13. The normalized spacial score (nSPS) is 14.2. The van der Waals surface area contributed by atoms with E-state index >= 15 is 0 Å². The van der Waals surface area contributed by atoms with E-state index in [0.29, 0.717) is 12.5 Å². The van der Waals surface area contributed by atoms with Crippen molar-refractivity contribution >= 4 is 5.97 Å². The van der Waals surface area contributed by atoms with E-state index in [-0.39, 0.29) is 5.97 Å². The average Bonchev–Trinajstić information content (AvgIpc) is 2.43. The fourth-order valence-electron chi connectivity index (χ4n) is 1.75. The Morgan fingerprint density at radius 3 is 2.42 bits per heavy atom. The van der Waals surface area contributed by atoms with Crippen molar-refractivity contribution in [2.75, 3.05) is 6.61 Å². The van der Waals surface area contributed by atoms with Gasteiger partial charge in [0.25, 0.3) is 0 Å². The van der Waals surface area contributed by atoms with Crippen LogP contribution in [-0.4, -0.2) is 12.6 Å². The molecule has 0 aliphatic rings. The maximum Gasteiger partial charge on any atom is 0.330 e. The number of carbonyl (C=O) groups excluding carboxylic acids is 1. The van der Waals surface area contributed by atoms with Gasteiger partial charge in [0.05, 0.1) is 6.61 Å². The third-order valence-corrected chi connectivity index (χ3v) is 3.11. The van der Waals surface area contributed by atoms with Crippen molar-refractivity contribution in [1.82, 2.24) is 0 Å². The third-order valence-electron chi connectivity index (χ3n) is 3.11. The second-order valence-electron chi connectivity index (χ2n) is 4.67. The van der Waals surface area contributed by atoms with Crippen LogP contribution in [0.1, 0.15) is 53.4 Å². The summed E-state index contributed by atoms with van der Waals surface area (Å²) in [6, 6.07) is 0. The molecule has 0 rings (SSSR count). The monoisotopic (exact) mass is 264 g/mol. The van der Waals surface area contributed by atoms with Crippen molar-refractivity contribution in [3.8, 4) is 0 Å². The van der Waals surface area contributed by atoms with Gasteiger partial charge in [0, 0.05) is 6.08 Å². The SMILES string of the molecule is C\C=C/C(/C=C/C(=O)OCC(CC)CCCC)=C\C. The molecule has 0 saturated heterocycles. The van der Waals surface area contributed by atoms with Gasteiger partial charge >= 0.3 is 5.97 Å². The predicted molar refractivity (Wildman–Crippen MR) is 82.0 cm³/mol. The first kappa shape index (κ1) is 17.7. The lowest BCUT2D eigenvalue weighted by Gasteiger charge is -2.13. The van der Waals surface area contributed by atoms with Crippen LogP contribution < -0.4 is 0 Å². The molecule has 1 atom stereocenters. The van der Waals surface area contributed by atoms with Crippen molar-refractivity contribution in [3.63, 3.8) is 0 Å². The summed E-state index contributed by atoms with van der Waals surface area (Å²) in [5, 5.41) is 0. The Hall–Kier alpha value is -1.31. The Bertz CT molecular complexity index is 324. The van der Waals surface area contributed by atoms with E-state index in [9.17, 15) is 4.79 Å². The molecule has 0 aliphatic carbocycles. The number of rotatable bonds is 9. The van der Waals surface area contributed by atoms with Gasteiger partial charge in [0.1, 0.15) is 0 Å². The van der Waals surface area contributed by atoms with Crippen LogP contribution in [0.15, 0.2) is 36.0 Å². The zero-order valence-electron chi connectivity index (χ0n) is 12.8. The van der Waals surface area contributed by atoms with Crippen LogP contribution in [0.2, 0.25) is 0 Å². The smallest absolute Gasteiger partial charge is 0.330 e. The molecule has 19 heavy (non-hydrogen) atoms. The minimum Gasteiger partial charge on any atom is -0.462 e. The lowest BCUT2D eigenvalue weighted by atomic mass is 10.0. The zero-order valence-corrected chi connectivity index (χ0v) is 12.8. The molecule has 0 aromatic carbocycles. The number of carbonyl (C=O) groups is 1. The Morgan fingerprint density at radius 1 is 1.16 bits per heavy atom. The quantitative estimate of drug-likeness (QED) is 0.339. The van der Waals surface area contributed by atoms with E-state index in [1.807, 2.05) is 32.1 Å². The lowest BCUT2D eigenvalue weighted by Crippen LogP contribution is -2.12. The van der Waals surface area contributed by atoms with Crippen molar-refractivity contribution in [2.24, 2.45) is 5.92 Å². The second-order valence-corrected chi connectivity index (χ2v) is 4.67. The molecule has 0 saturated carbocycles. The van der Waals surface area contributed by atoms with Gasteiger partial charge in [0.15, 0.2) is 0 Å². The second kappa shape index (κ2) is 11.8. The van der Waals surface area contributed by atoms with Gasteiger partial charge in [-0.3, -0.25) is 0 Å². The summed E-state index contributed by atoms with van der Waals surface area (Å²) >= 11 is 0. The molecule has 0 fully saturated rings. The number of unbranched alkanes of at least 4 members (excludes halogenated alkanes) is 1. The van der Waals surface area contributed by atoms with Crippen LogP contribution >= 0.6 is 0 Å². The van der Waals surface area contributed by atoms with Crippen LogP contribution in [0, 0.1) is 5.92 Å². The van der Waals surface area contributed by atoms with Crippen LogP contribution in [0.4, 0.5) is 0 Å². The molecule has 108 valence electrons. The van der Waals surface area contributed by atoms with Gasteiger partial charge in [0.2, 0.25) is 0 Å². The Labute approximate surface area is 118 Å². The maximum absolute atomic E-state index is 11.6. The highest BCUT2D eigenvalue weighted by molar-refractivity contribution is 5.82. The number of allylic oxidation sites excluding steroid dienone is 5. The highest BCUT2D eigenvalue weighted by Crippen LogP contribution is 2.13. The van der Waals surface area contributed by atoms with Crippen molar-refractivity contribution in [2.45, 2.75) is 53.4 Å². The number of ether oxygens (including phenoxy) is 1. The fourth-order valence-corrected chi connectivity index (χ4v) is 1.75. The van der Waals surface area contributed by atoms with Crippen LogP contribution in [0.5, 0.6) is 0 Å². The van der Waals surface area contributed by atoms with Crippen LogP contribution in [-0.2, 0) is 9.53 Å². The molecule has 2 heteroatoms. The summed E-state index contributed by atoms with van der Waals surface area (Å²) in [7, 11) is 0. The summed E-state index contributed by atoms with van der Waals surface area (Å²) in [5.41, 5.74) is 1.01. The number of hydrogen-bond donors (Lipinski definition) is 0. The summed E-state index contributed by atoms with van der Waals surface area (Å²) in [6.45, 7) is 8.77. The molecular formula is C17H28O2. The first-order valence-corrected chi connectivity index (χ1v) is 7.31. The molecule has 0 aromatic rings. The summed E-state index contributed by atoms with van der Waals surface area (Å²) in [5.74, 6) is 0.243. The minimum atomic E-state index is -0.251. The van der Waals surface area contributed by atoms with Gasteiger partial charge in [-0.15, -0.1) is 0 Å². The zero-order chi connectivity index (χ0) is 14.5. The Morgan fingerprint density at radius 2 is 1.89 bits per heavy atom. The minimum absolute atomic E-state index is 0.251. The molecule has 1 unspecified atom stereocenters. The molecule has 0 aromatic heterocycles. The van der Waals surface area contributed by atoms with Gasteiger partial charge in [-0.25, -0.2) is 4.79 Å². The molecular weight excluding hydrogens is 236 g/mol. The van der Waals surface area contributed by atoms with E-state index in [0.717, 1.165) is 18.4 Å². The average molecular weight is 264 g/mol. The van der Waals surface area contributed by atoms with E-state index in [1.165, 1.54) is 18.9 Å². The lowest BCUT2D eigenvalue weighted by molar-refractivity contribution is -0.139. The highest BCUT2D eigenvalue weighted by Gasteiger charge is 2.08. The molecule has 0 radical (unpaired) electrons. The molecule has 0 aliphatic heterocycles. The fraction of sp³-hybridized carbons (Fsp3) is 0.588. The van der Waals surface area contributed by atoms with E-state index in [2.05, 4.69) is 13.8 Å². The van der Waals surface area contributed by atoms with Gasteiger partial charge in [-0.2, -0.15) is 0 Å². The molecule has 0 heterocycles. The van der Waals surface area contributed by atoms with Crippen molar-refractivity contribution < 1.29 is 9.53 Å². The number of hydrogen-bond acceptors (Lipinski definition) is 2. The molecule has 2 nitrogen and oxygen atoms in total. The van der Waals surface area contributed by atoms with Gasteiger partial charge in [-0.1, -0.05) is 51.3 Å². The Kier molecular flexibility index (Phi) is 11.0. The molecule has 0 N–H and O–H groups in total. The van der Waals surface area contributed by atoms with Crippen LogP contribution in [0.25, 0.3) is 0 Å². The summed E-state index contributed by atoms with van der Waals surface area (Å²) in [6.07, 6.45) is 13.8. The van der Waals surface area contributed by atoms with Crippen molar-refractivity contribution in [1.29, 1.82) is 0 Å². The van der Waals surface area contributed by atoms with Crippen molar-refractivity contribution in [3.05, 3.63) is 36.0 Å². The van der Waals surface area contributed by atoms with E-state index in [4.69, 9.17) is 4.74 Å². The molecule has 0 bridgehead atoms. The third kappa shape index (κ3) is 9.29. The van der Waals surface area contributed by atoms with E-state index in [1.54, 1.807) is 6.08 Å². The van der Waals surface area contributed by atoms with E-state index < -0.39 is 0 Å². The summed E-state index contributed by atoms with van der Waals surface area (Å²) in [4.78, 5) is 11.6. The highest BCUT2D eigenvalue weighted by atomic mass is 16.5. The van der Waals surface area contributed by atoms with Crippen LogP contribution in [0.3, 0.4) is 0 Å². The van der Waals surface area contributed by atoms with Gasteiger partial charge in [-0.05, 0) is 37.8 Å².